The molecule has 78 valence electrons. The second kappa shape index (κ2) is 5.82. The lowest BCUT2D eigenvalue weighted by molar-refractivity contribution is 0.277. The van der Waals surface area contributed by atoms with Crippen molar-refractivity contribution in [3.05, 3.63) is 35.4 Å². The number of fused-ring (bicyclic) bond motifs is 1. The normalized spacial score (nSPS) is 19.2. The van der Waals surface area contributed by atoms with Gasteiger partial charge in [-0.15, -0.1) is 0 Å². The van der Waals surface area contributed by atoms with Crippen molar-refractivity contribution in [2.75, 3.05) is 14.2 Å². The van der Waals surface area contributed by atoms with Crippen molar-refractivity contribution in [1.82, 2.24) is 0 Å². The third kappa shape index (κ3) is 2.85. The predicted octanol–water partition coefficient (Wildman–Crippen LogP) is 3.39. The first-order valence-electron chi connectivity index (χ1n) is 5.27. The van der Waals surface area contributed by atoms with Gasteiger partial charge in [0.15, 0.2) is 0 Å². The molecular formula is C13H20O. The summed E-state index contributed by atoms with van der Waals surface area (Å²) in [5.74, 6) is 0.792. The van der Waals surface area contributed by atoms with Gasteiger partial charge >= 0.3 is 0 Å². The van der Waals surface area contributed by atoms with Crippen LogP contribution in [0.2, 0.25) is 0 Å². The van der Waals surface area contributed by atoms with Crippen molar-refractivity contribution in [2.24, 2.45) is 0 Å². The average molecular weight is 192 g/mol. The first-order valence-corrected chi connectivity index (χ1v) is 5.27. The van der Waals surface area contributed by atoms with Gasteiger partial charge in [0, 0.05) is 14.2 Å². The van der Waals surface area contributed by atoms with Crippen LogP contribution in [-0.4, -0.2) is 14.2 Å². The number of ether oxygens (including phenoxy) is 1. The van der Waals surface area contributed by atoms with E-state index in [1.807, 2.05) is 0 Å². The first kappa shape index (κ1) is 11.3. The second-order valence-corrected chi connectivity index (χ2v) is 3.90. The number of hydrogen-bond donors (Lipinski definition) is 0. The van der Waals surface area contributed by atoms with E-state index in [0.717, 1.165) is 5.92 Å². The van der Waals surface area contributed by atoms with Gasteiger partial charge in [0.05, 0.1) is 0 Å². The van der Waals surface area contributed by atoms with E-state index < -0.39 is 0 Å². The van der Waals surface area contributed by atoms with Gasteiger partial charge in [-0.1, -0.05) is 31.2 Å². The molecule has 1 aromatic carbocycles. The van der Waals surface area contributed by atoms with E-state index >= 15 is 0 Å². The zero-order valence-corrected chi connectivity index (χ0v) is 9.42. The Hall–Kier alpha value is -0.820. The summed E-state index contributed by atoms with van der Waals surface area (Å²) in [6.07, 6.45) is 4.04. The molecule has 0 saturated carbocycles. The Morgan fingerprint density at radius 2 is 1.86 bits per heavy atom. The second-order valence-electron chi connectivity index (χ2n) is 3.90. The average Bonchev–Trinajstić information content (AvgIpc) is 2.20. The van der Waals surface area contributed by atoms with Crippen LogP contribution in [0.1, 0.15) is 36.8 Å². The molecule has 0 spiro atoms. The highest BCUT2D eigenvalue weighted by Crippen LogP contribution is 2.30. The van der Waals surface area contributed by atoms with Crippen LogP contribution < -0.4 is 0 Å². The summed E-state index contributed by atoms with van der Waals surface area (Å²) in [4.78, 5) is 0. The summed E-state index contributed by atoms with van der Waals surface area (Å²) in [5, 5.41) is 0. The van der Waals surface area contributed by atoms with Crippen LogP contribution in [0.15, 0.2) is 24.3 Å². The number of benzene rings is 1. The topological polar surface area (TPSA) is 9.23 Å². The molecule has 0 saturated heterocycles. The molecule has 0 aliphatic heterocycles. The molecule has 0 amide bonds. The highest BCUT2D eigenvalue weighted by atomic mass is 16.4. The molecule has 0 aromatic heterocycles. The number of aryl methyl sites for hydroxylation is 1. The minimum Gasteiger partial charge on any atom is -0.388 e. The maximum atomic E-state index is 4.25. The van der Waals surface area contributed by atoms with E-state index in [4.69, 9.17) is 0 Å². The Balaban J connectivity index is 0.000000293. The molecule has 0 fully saturated rings. The molecule has 1 aliphatic rings. The molecule has 1 aromatic rings. The van der Waals surface area contributed by atoms with E-state index in [1.165, 1.54) is 19.3 Å². The van der Waals surface area contributed by atoms with E-state index in [9.17, 15) is 0 Å². The minimum absolute atomic E-state index is 0.792. The van der Waals surface area contributed by atoms with E-state index in [1.54, 1.807) is 25.3 Å². The van der Waals surface area contributed by atoms with Crippen LogP contribution >= 0.6 is 0 Å². The lowest BCUT2D eigenvalue weighted by Gasteiger charge is -2.21. The lowest BCUT2D eigenvalue weighted by Crippen LogP contribution is -2.05. The highest BCUT2D eigenvalue weighted by Gasteiger charge is 2.14. The molecule has 0 radical (unpaired) electrons. The van der Waals surface area contributed by atoms with Crippen molar-refractivity contribution >= 4 is 0 Å². The standard InChI is InChI=1S/C11H14.C2H6O/c1-9-5-4-7-10-6-2-3-8-11(9)10;1-3-2/h2-3,6,8-9H,4-5,7H2,1H3;1-2H3. The fourth-order valence-corrected chi connectivity index (χ4v) is 2.00. The quantitative estimate of drug-likeness (QED) is 0.612. The number of methoxy groups -OCH3 is 1. The zero-order valence-electron chi connectivity index (χ0n) is 9.42. The van der Waals surface area contributed by atoms with Crippen LogP contribution in [0.25, 0.3) is 0 Å². The summed E-state index contributed by atoms with van der Waals surface area (Å²) in [6, 6.07) is 8.85. The SMILES string of the molecule is CC1CCCc2ccccc21.COC. The Morgan fingerprint density at radius 3 is 2.50 bits per heavy atom. The van der Waals surface area contributed by atoms with Gasteiger partial charge in [-0.05, 0) is 36.3 Å². The van der Waals surface area contributed by atoms with Crippen molar-refractivity contribution in [3.63, 3.8) is 0 Å². The fraction of sp³-hybridized carbons (Fsp3) is 0.538. The Bertz CT molecular complexity index is 268. The van der Waals surface area contributed by atoms with Gasteiger partial charge < -0.3 is 4.74 Å². The highest BCUT2D eigenvalue weighted by molar-refractivity contribution is 5.31. The van der Waals surface area contributed by atoms with Gasteiger partial charge in [-0.2, -0.15) is 0 Å². The van der Waals surface area contributed by atoms with Crippen molar-refractivity contribution in [1.29, 1.82) is 0 Å². The van der Waals surface area contributed by atoms with E-state index in [-0.39, 0.29) is 0 Å². The van der Waals surface area contributed by atoms with Crippen LogP contribution in [-0.2, 0) is 11.2 Å². The molecule has 0 N–H and O–H groups in total. The van der Waals surface area contributed by atoms with Gasteiger partial charge in [0.25, 0.3) is 0 Å². The molecule has 1 heteroatoms. The molecule has 14 heavy (non-hydrogen) atoms. The lowest BCUT2D eigenvalue weighted by atomic mass is 9.84. The minimum atomic E-state index is 0.792. The molecule has 1 nitrogen and oxygen atoms in total. The fourth-order valence-electron chi connectivity index (χ4n) is 2.00. The first-order chi connectivity index (χ1) is 6.79. The molecular weight excluding hydrogens is 172 g/mol. The molecule has 0 bridgehead atoms. The van der Waals surface area contributed by atoms with Crippen LogP contribution in [0.4, 0.5) is 0 Å². The molecule has 1 aliphatic carbocycles. The maximum absolute atomic E-state index is 4.25. The Labute approximate surface area is 87.1 Å². The van der Waals surface area contributed by atoms with Gasteiger partial charge in [-0.3, -0.25) is 0 Å². The summed E-state index contributed by atoms with van der Waals surface area (Å²) >= 11 is 0. The molecule has 1 unspecified atom stereocenters. The van der Waals surface area contributed by atoms with Gasteiger partial charge in [0.1, 0.15) is 0 Å². The third-order valence-electron chi connectivity index (χ3n) is 2.67. The predicted molar refractivity (Wildman–Crippen MR) is 60.7 cm³/mol. The monoisotopic (exact) mass is 192 g/mol. The summed E-state index contributed by atoms with van der Waals surface area (Å²) < 4.78 is 4.25. The van der Waals surface area contributed by atoms with Gasteiger partial charge in [0.2, 0.25) is 0 Å². The van der Waals surface area contributed by atoms with E-state index in [0.29, 0.717) is 0 Å². The number of hydrogen-bond acceptors (Lipinski definition) is 1. The van der Waals surface area contributed by atoms with E-state index in [2.05, 4.69) is 35.9 Å². The largest absolute Gasteiger partial charge is 0.388 e. The summed E-state index contributed by atoms with van der Waals surface area (Å²) in [5.41, 5.74) is 3.16. The summed E-state index contributed by atoms with van der Waals surface area (Å²) in [7, 11) is 3.25. The van der Waals surface area contributed by atoms with Gasteiger partial charge in [-0.25, -0.2) is 0 Å². The zero-order chi connectivity index (χ0) is 10.4. The molecule has 2 rings (SSSR count). The van der Waals surface area contributed by atoms with Crippen molar-refractivity contribution in [3.8, 4) is 0 Å². The van der Waals surface area contributed by atoms with Crippen LogP contribution in [0, 0.1) is 0 Å². The van der Waals surface area contributed by atoms with Crippen molar-refractivity contribution < 1.29 is 4.74 Å². The third-order valence-corrected chi connectivity index (χ3v) is 2.67. The van der Waals surface area contributed by atoms with Crippen molar-refractivity contribution in [2.45, 2.75) is 32.1 Å². The maximum Gasteiger partial charge on any atom is 0.0351 e. The molecule has 1 atom stereocenters. The smallest absolute Gasteiger partial charge is 0.0351 e. The van der Waals surface area contributed by atoms with Crippen LogP contribution in [0.3, 0.4) is 0 Å². The van der Waals surface area contributed by atoms with Crippen LogP contribution in [0.5, 0.6) is 0 Å². The number of rotatable bonds is 0. The summed E-state index contributed by atoms with van der Waals surface area (Å²) in [6.45, 7) is 2.33. The Kier molecular flexibility index (Phi) is 4.68. The molecule has 0 heterocycles. The Morgan fingerprint density at radius 1 is 1.21 bits per heavy atom.